The third kappa shape index (κ3) is 6.03. The van der Waals surface area contributed by atoms with Crippen LogP contribution in [0.4, 0.5) is 16.2 Å². The number of rotatable bonds is 6. The number of anilines is 2. The van der Waals surface area contributed by atoms with Gasteiger partial charge in [0, 0.05) is 29.9 Å². The number of nitrogen functional groups attached to an aromatic ring is 1. The van der Waals surface area contributed by atoms with Gasteiger partial charge in [0.2, 0.25) is 0 Å². The van der Waals surface area contributed by atoms with Gasteiger partial charge in [0.15, 0.2) is 0 Å². The fourth-order valence-electron chi connectivity index (χ4n) is 4.55. The number of nitrogens with one attached hydrogen (secondary N) is 2. The number of urea groups is 1. The fourth-order valence-corrected chi connectivity index (χ4v) is 4.55. The lowest BCUT2D eigenvalue weighted by Gasteiger charge is -2.33. The predicted octanol–water partition coefficient (Wildman–Crippen LogP) is 3.84. The molecule has 2 aliphatic rings. The molecule has 1 saturated heterocycles. The summed E-state index contributed by atoms with van der Waals surface area (Å²) < 4.78 is 0. The van der Waals surface area contributed by atoms with E-state index in [0.717, 1.165) is 44.6 Å². The standard InChI is InChI=1S/C22H34N6O/c23-14-18-19(24)9-4-10-20(18)26-22(29)27-21(25)17-8-5-12-28(15-17)13-11-16-6-2-1-3-7-16/h4,9-10,14,16-17,23H,1-3,5-8,11-13,15,24H2,(H3,25,26,27,29). The molecule has 2 amide bonds. The van der Waals surface area contributed by atoms with Crippen LogP contribution in [0.3, 0.4) is 0 Å². The van der Waals surface area contributed by atoms with Crippen molar-refractivity contribution in [2.75, 3.05) is 30.7 Å². The van der Waals surface area contributed by atoms with Crippen molar-refractivity contribution in [2.24, 2.45) is 22.6 Å². The Morgan fingerprint density at radius 2 is 2.03 bits per heavy atom. The highest BCUT2D eigenvalue weighted by molar-refractivity contribution is 6.04. The summed E-state index contributed by atoms with van der Waals surface area (Å²) in [6, 6.07) is 4.61. The molecule has 1 aliphatic carbocycles. The van der Waals surface area contributed by atoms with Gasteiger partial charge in [-0.15, -0.1) is 0 Å². The van der Waals surface area contributed by atoms with E-state index < -0.39 is 6.03 Å². The van der Waals surface area contributed by atoms with Gasteiger partial charge in [-0.2, -0.15) is 4.99 Å². The third-order valence-corrected chi connectivity index (χ3v) is 6.26. The Labute approximate surface area is 173 Å². The van der Waals surface area contributed by atoms with Crippen molar-refractivity contribution in [3.05, 3.63) is 23.8 Å². The van der Waals surface area contributed by atoms with E-state index in [0.29, 0.717) is 22.8 Å². The summed E-state index contributed by atoms with van der Waals surface area (Å²) in [4.78, 5) is 18.9. The average molecular weight is 399 g/mol. The van der Waals surface area contributed by atoms with Crippen LogP contribution in [0.2, 0.25) is 0 Å². The molecule has 7 nitrogen and oxygen atoms in total. The van der Waals surface area contributed by atoms with Gasteiger partial charge in [-0.25, -0.2) is 4.79 Å². The molecule has 0 radical (unpaired) electrons. The second-order valence-electron chi connectivity index (χ2n) is 8.35. The van der Waals surface area contributed by atoms with Crippen molar-refractivity contribution in [3.8, 4) is 0 Å². The maximum atomic E-state index is 12.4. The lowest BCUT2D eigenvalue weighted by Crippen LogP contribution is -2.42. The highest BCUT2D eigenvalue weighted by atomic mass is 16.2. The zero-order valence-electron chi connectivity index (χ0n) is 17.2. The third-order valence-electron chi connectivity index (χ3n) is 6.26. The summed E-state index contributed by atoms with van der Waals surface area (Å²) >= 11 is 0. The molecular weight excluding hydrogens is 364 g/mol. The molecule has 6 N–H and O–H groups in total. The van der Waals surface area contributed by atoms with Gasteiger partial charge < -0.3 is 27.1 Å². The quantitative estimate of drug-likeness (QED) is 0.330. The van der Waals surface area contributed by atoms with Gasteiger partial charge in [0.05, 0.1) is 5.69 Å². The second kappa shape index (κ2) is 10.4. The Kier molecular flexibility index (Phi) is 7.63. The highest BCUT2D eigenvalue weighted by Gasteiger charge is 2.24. The minimum absolute atomic E-state index is 0.115. The second-order valence-corrected chi connectivity index (χ2v) is 8.35. The van der Waals surface area contributed by atoms with E-state index in [-0.39, 0.29) is 5.92 Å². The number of nitrogens with zero attached hydrogens (tertiary/aromatic N) is 2. The van der Waals surface area contributed by atoms with Crippen molar-refractivity contribution in [1.82, 2.24) is 4.90 Å². The molecule has 3 rings (SSSR count). The SMILES string of the molecule is N=Cc1c(N)cccc1NC(=O)/N=C(\N)C1CCCN(CCC2CCCCC2)C1. The highest BCUT2D eigenvalue weighted by Crippen LogP contribution is 2.27. The monoisotopic (exact) mass is 398 g/mol. The first-order valence-electron chi connectivity index (χ1n) is 10.8. The normalized spacial score (nSPS) is 21.7. The van der Waals surface area contributed by atoms with Gasteiger partial charge in [0.25, 0.3) is 0 Å². The zero-order chi connectivity index (χ0) is 20.6. The number of benzene rings is 1. The van der Waals surface area contributed by atoms with Gasteiger partial charge >= 0.3 is 6.03 Å². The molecule has 0 bridgehead atoms. The molecule has 1 aromatic rings. The first-order chi connectivity index (χ1) is 14.1. The number of amides is 2. The summed E-state index contributed by atoms with van der Waals surface area (Å²) in [5.74, 6) is 1.39. The molecule has 1 atom stereocenters. The number of hydrogen-bond acceptors (Lipinski definition) is 4. The predicted molar refractivity (Wildman–Crippen MR) is 120 cm³/mol. The van der Waals surface area contributed by atoms with Crippen molar-refractivity contribution in [1.29, 1.82) is 5.41 Å². The van der Waals surface area contributed by atoms with Crippen LogP contribution in [-0.4, -0.2) is 42.6 Å². The summed E-state index contributed by atoms with van der Waals surface area (Å²) in [5, 5.41) is 10.2. The van der Waals surface area contributed by atoms with E-state index >= 15 is 0 Å². The van der Waals surface area contributed by atoms with E-state index in [1.807, 2.05) is 0 Å². The van der Waals surface area contributed by atoms with Crippen LogP contribution < -0.4 is 16.8 Å². The topological polar surface area (TPSA) is 121 Å². The van der Waals surface area contributed by atoms with Gasteiger partial charge in [-0.1, -0.05) is 38.2 Å². The molecule has 1 saturated carbocycles. The average Bonchev–Trinajstić information content (AvgIpc) is 2.73. The van der Waals surface area contributed by atoms with Gasteiger partial charge in [-0.05, 0) is 50.4 Å². The number of carbonyl (C=O) groups is 1. The van der Waals surface area contributed by atoms with Crippen LogP contribution in [0.5, 0.6) is 0 Å². The maximum absolute atomic E-state index is 12.4. The Morgan fingerprint density at radius 3 is 2.79 bits per heavy atom. The van der Waals surface area contributed by atoms with Gasteiger partial charge in [0.1, 0.15) is 5.84 Å². The summed E-state index contributed by atoms with van der Waals surface area (Å²) in [6.07, 6.45) is 11.4. The van der Waals surface area contributed by atoms with Crippen LogP contribution in [0.1, 0.15) is 56.9 Å². The lowest BCUT2D eigenvalue weighted by molar-refractivity contribution is 0.182. The van der Waals surface area contributed by atoms with Crippen molar-refractivity contribution >= 4 is 29.5 Å². The molecule has 1 aromatic carbocycles. The zero-order valence-corrected chi connectivity index (χ0v) is 17.2. The Hall–Kier alpha value is -2.41. The molecular formula is C22H34N6O. The summed E-state index contributed by atoms with van der Waals surface area (Å²) in [7, 11) is 0. The molecule has 2 fully saturated rings. The smallest absolute Gasteiger partial charge is 0.347 e. The van der Waals surface area contributed by atoms with Crippen LogP contribution in [0.15, 0.2) is 23.2 Å². The molecule has 29 heavy (non-hydrogen) atoms. The Bertz CT molecular complexity index is 741. The minimum Gasteiger partial charge on any atom is -0.398 e. The Balaban J connectivity index is 1.53. The van der Waals surface area contributed by atoms with Crippen LogP contribution in [-0.2, 0) is 0 Å². The van der Waals surface area contributed by atoms with Crippen LogP contribution >= 0.6 is 0 Å². The van der Waals surface area contributed by atoms with E-state index in [2.05, 4.69) is 15.2 Å². The molecule has 1 aliphatic heterocycles. The van der Waals surface area contributed by atoms with Gasteiger partial charge in [-0.3, -0.25) is 0 Å². The molecule has 1 unspecified atom stereocenters. The largest absolute Gasteiger partial charge is 0.398 e. The number of nitrogens with two attached hydrogens (primary N) is 2. The Morgan fingerprint density at radius 1 is 1.24 bits per heavy atom. The number of carbonyl (C=O) groups excluding carboxylic acids is 1. The molecule has 7 heteroatoms. The van der Waals surface area contributed by atoms with Crippen LogP contribution in [0.25, 0.3) is 0 Å². The fraction of sp³-hybridized carbons (Fsp3) is 0.591. The number of hydrogen-bond donors (Lipinski definition) is 4. The molecule has 0 spiro atoms. The number of piperidine rings is 1. The van der Waals surface area contributed by atoms with Crippen molar-refractivity contribution in [2.45, 2.75) is 51.4 Å². The molecule has 0 aromatic heterocycles. The van der Waals surface area contributed by atoms with E-state index in [9.17, 15) is 4.79 Å². The first kappa shape index (κ1) is 21.3. The van der Waals surface area contributed by atoms with E-state index in [1.165, 1.54) is 38.5 Å². The molecule has 1 heterocycles. The lowest BCUT2D eigenvalue weighted by atomic mass is 9.86. The number of likely N-dealkylation sites (tertiary alicyclic amines) is 1. The maximum Gasteiger partial charge on any atom is 0.347 e. The summed E-state index contributed by atoms with van der Waals surface area (Å²) in [6.45, 7) is 3.10. The molecule has 158 valence electrons. The number of aliphatic imine (C=N–C) groups is 1. The van der Waals surface area contributed by atoms with Crippen LogP contribution in [0, 0.1) is 17.2 Å². The first-order valence-corrected chi connectivity index (χ1v) is 10.8. The van der Waals surface area contributed by atoms with Crippen molar-refractivity contribution in [3.63, 3.8) is 0 Å². The van der Waals surface area contributed by atoms with Crippen molar-refractivity contribution < 1.29 is 4.79 Å². The minimum atomic E-state index is -0.518. The number of amidine groups is 1. The van der Waals surface area contributed by atoms with E-state index in [4.69, 9.17) is 16.9 Å². The summed E-state index contributed by atoms with van der Waals surface area (Å²) in [5.41, 5.74) is 13.4. The van der Waals surface area contributed by atoms with E-state index in [1.54, 1.807) is 18.2 Å².